The largest absolute Gasteiger partial charge is 0.370 e. The van der Waals surface area contributed by atoms with Crippen LogP contribution >= 0.6 is 0 Å². The van der Waals surface area contributed by atoms with Crippen molar-refractivity contribution < 1.29 is 8.78 Å². The Balaban J connectivity index is 2.21. The zero-order valence-corrected chi connectivity index (χ0v) is 11.4. The number of aromatic nitrogens is 2. The first kappa shape index (κ1) is 14.2. The lowest BCUT2D eigenvalue weighted by Crippen LogP contribution is -2.05. The summed E-state index contributed by atoms with van der Waals surface area (Å²) in [4.78, 5) is 8.43. The van der Waals surface area contributed by atoms with Crippen molar-refractivity contribution in [3.63, 3.8) is 0 Å². The molecule has 2 N–H and O–H groups in total. The Morgan fingerprint density at radius 3 is 2.30 bits per heavy atom. The second-order valence-electron chi connectivity index (χ2n) is 4.40. The molecule has 0 aliphatic heterocycles. The molecule has 0 unspecified atom stereocenters. The number of nitrogens with zero attached hydrogens (tertiary/aromatic N) is 2. The highest BCUT2D eigenvalue weighted by atomic mass is 19.1. The van der Waals surface area contributed by atoms with Gasteiger partial charge in [-0.1, -0.05) is 6.92 Å². The van der Waals surface area contributed by atoms with E-state index in [9.17, 15) is 8.78 Å². The number of aryl methyl sites for hydroxylation is 1. The monoisotopic (exact) mass is 278 g/mol. The summed E-state index contributed by atoms with van der Waals surface area (Å²) < 4.78 is 26.3. The normalized spacial score (nSPS) is 10.4. The molecule has 106 valence electrons. The predicted molar refractivity (Wildman–Crippen MR) is 75.2 cm³/mol. The van der Waals surface area contributed by atoms with Crippen molar-refractivity contribution in [1.29, 1.82) is 0 Å². The molecular weight excluding hydrogens is 262 g/mol. The summed E-state index contributed by atoms with van der Waals surface area (Å²) in [5, 5.41) is 6.02. The summed E-state index contributed by atoms with van der Waals surface area (Å²) in [5.41, 5.74) is 0.307. The maximum Gasteiger partial charge on any atom is 0.136 e. The molecule has 0 amide bonds. The van der Waals surface area contributed by atoms with Crippen LogP contribution in [0.15, 0.2) is 24.3 Å². The van der Waals surface area contributed by atoms with Crippen molar-refractivity contribution in [3.8, 4) is 0 Å². The van der Waals surface area contributed by atoms with Gasteiger partial charge in [0.2, 0.25) is 0 Å². The van der Waals surface area contributed by atoms with E-state index >= 15 is 0 Å². The molecule has 0 fully saturated rings. The third-order valence-corrected chi connectivity index (χ3v) is 2.53. The number of anilines is 3. The molecule has 0 saturated carbocycles. The molecule has 0 aliphatic rings. The number of nitrogens with one attached hydrogen (secondary N) is 2. The number of benzene rings is 1. The van der Waals surface area contributed by atoms with Crippen LogP contribution in [0.3, 0.4) is 0 Å². The summed E-state index contributed by atoms with van der Waals surface area (Å²) in [6.07, 6.45) is 0.973. The molecule has 0 aliphatic carbocycles. The summed E-state index contributed by atoms with van der Waals surface area (Å²) in [5.74, 6) is 0.468. The van der Waals surface area contributed by atoms with E-state index in [1.54, 1.807) is 13.0 Å². The van der Waals surface area contributed by atoms with Crippen LogP contribution in [0.1, 0.15) is 19.2 Å². The van der Waals surface area contributed by atoms with Gasteiger partial charge in [0.05, 0.1) is 0 Å². The van der Waals surface area contributed by atoms with Gasteiger partial charge in [0.1, 0.15) is 29.1 Å². The topological polar surface area (TPSA) is 49.8 Å². The predicted octanol–water partition coefficient (Wildman–Crippen LogP) is 3.63. The van der Waals surface area contributed by atoms with Crippen molar-refractivity contribution in [1.82, 2.24) is 9.97 Å². The number of rotatable bonds is 5. The number of hydrogen-bond donors (Lipinski definition) is 2. The Morgan fingerprint density at radius 2 is 1.65 bits per heavy atom. The van der Waals surface area contributed by atoms with Crippen LogP contribution in [0.4, 0.5) is 26.1 Å². The minimum atomic E-state index is -0.636. The molecule has 2 rings (SSSR count). The van der Waals surface area contributed by atoms with Crippen LogP contribution in [0.2, 0.25) is 0 Å². The lowest BCUT2D eigenvalue weighted by Gasteiger charge is -2.10. The van der Waals surface area contributed by atoms with Gasteiger partial charge in [-0.3, -0.25) is 0 Å². The fourth-order valence-corrected chi connectivity index (χ4v) is 1.75. The highest BCUT2D eigenvalue weighted by Gasteiger charge is 2.04. The average molecular weight is 278 g/mol. The van der Waals surface area contributed by atoms with E-state index in [0.717, 1.165) is 19.0 Å². The summed E-state index contributed by atoms with van der Waals surface area (Å²) in [7, 11) is 0. The summed E-state index contributed by atoms with van der Waals surface area (Å²) in [6, 6.07) is 4.94. The van der Waals surface area contributed by atoms with E-state index in [1.807, 2.05) is 0 Å². The molecule has 2 aromatic rings. The minimum absolute atomic E-state index is 0.307. The molecular formula is C14H16F2N4. The van der Waals surface area contributed by atoms with Crippen LogP contribution in [0.25, 0.3) is 0 Å². The lowest BCUT2D eigenvalue weighted by atomic mass is 10.3. The first-order valence-electron chi connectivity index (χ1n) is 6.39. The third kappa shape index (κ3) is 3.88. The molecule has 0 atom stereocenters. The Morgan fingerprint density at radius 1 is 1.00 bits per heavy atom. The van der Waals surface area contributed by atoms with Gasteiger partial charge >= 0.3 is 0 Å². The number of halogens is 2. The second kappa shape index (κ2) is 6.27. The van der Waals surface area contributed by atoms with Gasteiger partial charge in [-0.25, -0.2) is 18.7 Å². The van der Waals surface area contributed by atoms with Crippen LogP contribution in [-0.4, -0.2) is 16.5 Å². The summed E-state index contributed by atoms with van der Waals surface area (Å²) >= 11 is 0. The van der Waals surface area contributed by atoms with Crippen molar-refractivity contribution in [2.45, 2.75) is 20.3 Å². The van der Waals surface area contributed by atoms with E-state index in [-0.39, 0.29) is 0 Å². The van der Waals surface area contributed by atoms with E-state index in [1.165, 1.54) is 12.1 Å². The van der Waals surface area contributed by atoms with Crippen molar-refractivity contribution >= 4 is 17.3 Å². The third-order valence-electron chi connectivity index (χ3n) is 2.53. The Bertz CT molecular complexity index is 581. The Hall–Kier alpha value is -2.24. The van der Waals surface area contributed by atoms with E-state index in [4.69, 9.17) is 0 Å². The SMILES string of the molecule is CCCNc1cc(Nc2cc(F)cc(F)c2)nc(C)n1. The Kier molecular flexibility index (Phi) is 4.45. The molecule has 0 radical (unpaired) electrons. The van der Waals surface area contributed by atoms with Crippen LogP contribution in [0, 0.1) is 18.6 Å². The zero-order valence-electron chi connectivity index (χ0n) is 11.4. The molecule has 1 heterocycles. The molecule has 0 saturated heterocycles. The molecule has 1 aromatic heterocycles. The van der Waals surface area contributed by atoms with Gasteiger partial charge in [0, 0.05) is 24.4 Å². The van der Waals surface area contributed by atoms with Gasteiger partial charge in [-0.05, 0) is 25.5 Å². The highest BCUT2D eigenvalue weighted by Crippen LogP contribution is 2.19. The van der Waals surface area contributed by atoms with Crippen LogP contribution in [-0.2, 0) is 0 Å². The van der Waals surface area contributed by atoms with Gasteiger partial charge in [0.15, 0.2) is 0 Å². The Labute approximate surface area is 116 Å². The smallest absolute Gasteiger partial charge is 0.136 e. The van der Waals surface area contributed by atoms with E-state index in [0.29, 0.717) is 23.1 Å². The molecule has 1 aromatic carbocycles. The average Bonchev–Trinajstić information content (AvgIpc) is 2.34. The first-order valence-corrected chi connectivity index (χ1v) is 6.39. The fourth-order valence-electron chi connectivity index (χ4n) is 1.75. The van der Waals surface area contributed by atoms with Crippen molar-refractivity contribution in [3.05, 3.63) is 41.7 Å². The first-order chi connectivity index (χ1) is 9.56. The van der Waals surface area contributed by atoms with Crippen molar-refractivity contribution in [2.75, 3.05) is 17.2 Å². The molecule has 20 heavy (non-hydrogen) atoms. The van der Waals surface area contributed by atoms with Gasteiger partial charge in [0.25, 0.3) is 0 Å². The van der Waals surface area contributed by atoms with Crippen LogP contribution in [0.5, 0.6) is 0 Å². The molecule has 6 heteroatoms. The summed E-state index contributed by atoms with van der Waals surface area (Å²) in [6.45, 7) is 4.61. The fraction of sp³-hybridized carbons (Fsp3) is 0.286. The van der Waals surface area contributed by atoms with Crippen molar-refractivity contribution in [2.24, 2.45) is 0 Å². The quantitative estimate of drug-likeness (QED) is 0.877. The maximum absolute atomic E-state index is 13.1. The zero-order chi connectivity index (χ0) is 14.5. The van der Waals surface area contributed by atoms with Crippen LogP contribution < -0.4 is 10.6 Å². The maximum atomic E-state index is 13.1. The molecule has 0 bridgehead atoms. The number of hydrogen-bond acceptors (Lipinski definition) is 4. The second-order valence-corrected chi connectivity index (χ2v) is 4.40. The van der Waals surface area contributed by atoms with E-state index in [2.05, 4.69) is 27.5 Å². The van der Waals surface area contributed by atoms with E-state index < -0.39 is 11.6 Å². The highest BCUT2D eigenvalue weighted by molar-refractivity contribution is 5.59. The molecule has 4 nitrogen and oxygen atoms in total. The standard InChI is InChI=1S/C14H16F2N4/c1-3-4-17-13-8-14(19-9(2)18-13)20-12-6-10(15)5-11(16)7-12/h5-8H,3-4H2,1-2H3,(H2,17,18,19,20). The van der Waals surface area contributed by atoms with Gasteiger partial charge in [-0.15, -0.1) is 0 Å². The lowest BCUT2D eigenvalue weighted by molar-refractivity contribution is 0.584. The van der Waals surface area contributed by atoms with Gasteiger partial charge in [-0.2, -0.15) is 0 Å². The molecule has 0 spiro atoms. The van der Waals surface area contributed by atoms with Gasteiger partial charge < -0.3 is 10.6 Å². The minimum Gasteiger partial charge on any atom is -0.370 e.